The maximum Gasteiger partial charge on any atom is 0.420 e. The van der Waals surface area contributed by atoms with Gasteiger partial charge < -0.3 is 10.2 Å². The van der Waals surface area contributed by atoms with E-state index in [-0.39, 0.29) is 0 Å². The van der Waals surface area contributed by atoms with Crippen molar-refractivity contribution in [2.24, 2.45) is 0 Å². The van der Waals surface area contributed by atoms with Gasteiger partial charge in [-0.15, -0.1) is 0 Å². The predicted molar refractivity (Wildman–Crippen MR) is 75.4 cm³/mol. The number of rotatable bonds is 2. The number of oxazole rings is 1. The highest BCUT2D eigenvalue weighted by Crippen LogP contribution is 2.18. The lowest BCUT2D eigenvalue weighted by atomic mass is 10.2. The van der Waals surface area contributed by atoms with Gasteiger partial charge in [-0.2, -0.15) is 0 Å². The van der Waals surface area contributed by atoms with Crippen molar-refractivity contribution in [3.63, 3.8) is 0 Å². The molecule has 0 bridgehead atoms. The van der Waals surface area contributed by atoms with Gasteiger partial charge >= 0.3 is 5.76 Å². The van der Waals surface area contributed by atoms with Gasteiger partial charge in [0.15, 0.2) is 5.58 Å². The van der Waals surface area contributed by atoms with Crippen molar-refractivity contribution in [3.8, 4) is 0 Å². The van der Waals surface area contributed by atoms with Gasteiger partial charge in [-0.1, -0.05) is 23.7 Å². The zero-order chi connectivity index (χ0) is 13.4. The fourth-order valence-corrected chi connectivity index (χ4v) is 2.13. The van der Waals surface area contributed by atoms with Crippen molar-refractivity contribution in [2.45, 2.75) is 6.54 Å². The van der Waals surface area contributed by atoms with E-state index in [4.69, 9.17) is 21.8 Å². The van der Waals surface area contributed by atoms with Crippen LogP contribution in [0.2, 0.25) is 5.02 Å². The lowest BCUT2D eigenvalue weighted by molar-refractivity contribution is 0.517. The molecule has 5 heteroatoms. The number of aromatic nitrogens is 1. The summed E-state index contributed by atoms with van der Waals surface area (Å²) in [4.78, 5) is 11.9. The molecule has 0 spiro atoms. The fraction of sp³-hybridized carbons (Fsp3) is 0.0714. The molecule has 1 aromatic heterocycles. The minimum atomic E-state index is -0.393. The van der Waals surface area contributed by atoms with E-state index in [1.54, 1.807) is 34.9 Å². The summed E-state index contributed by atoms with van der Waals surface area (Å²) in [7, 11) is 0. The Hall–Kier alpha value is -2.20. The Labute approximate surface area is 114 Å². The van der Waals surface area contributed by atoms with E-state index in [1.165, 1.54) is 0 Å². The van der Waals surface area contributed by atoms with Gasteiger partial charge in [-0.3, -0.25) is 4.57 Å². The molecule has 3 rings (SSSR count). The molecule has 0 saturated carbocycles. The molecule has 2 N–H and O–H groups in total. The molecule has 4 nitrogen and oxygen atoms in total. The van der Waals surface area contributed by atoms with E-state index in [0.29, 0.717) is 28.4 Å². The molecular weight excluding hydrogens is 264 g/mol. The van der Waals surface area contributed by atoms with Gasteiger partial charge in [-0.25, -0.2) is 4.79 Å². The molecule has 0 aliphatic rings. The maximum absolute atomic E-state index is 11.9. The molecule has 0 saturated heterocycles. The van der Waals surface area contributed by atoms with Gasteiger partial charge in [0, 0.05) is 10.7 Å². The summed E-state index contributed by atoms with van der Waals surface area (Å²) in [6.07, 6.45) is 0. The van der Waals surface area contributed by atoms with Crippen LogP contribution in [0.3, 0.4) is 0 Å². The van der Waals surface area contributed by atoms with Gasteiger partial charge in [0.2, 0.25) is 0 Å². The number of nitrogens with zero attached hydrogens (tertiary/aromatic N) is 1. The molecule has 0 aliphatic carbocycles. The van der Waals surface area contributed by atoms with E-state index in [2.05, 4.69) is 0 Å². The predicted octanol–water partition coefficient (Wildman–Crippen LogP) is 2.88. The van der Waals surface area contributed by atoms with Crippen molar-refractivity contribution < 1.29 is 4.42 Å². The SMILES string of the molecule is Nc1ccc2oc(=O)n(Cc3ccc(Cl)cc3)c2c1. The van der Waals surface area contributed by atoms with E-state index >= 15 is 0 Å². The van der Waals surface area contributed by atoms with E-state index in [0.717, 1.165) is 5.56 Å². The number of hydrogen-bond acceptors (Lipinski definition) is 3. The summed E-state index contributed by atoms with van der Waals surface area (Å²) in [5.74, 6) is -0.393. The Morgan fingerprint density at radius 3 is 2.63 bits per heavy atom. The Morgan fingerprint density at radius 2 is 1.89 bits per heavy atom. The average molecular weight is 275 g/mol. The van der Waals surface area contributed by atoms with Crippen LogP contribution in [-0.4, -0.2) is 4.57 Å². The zero-order valence-corrected chi connectivity index (χ0v) is 10.7. The number of anilines is 1. The Kier molecular flexibility index (Phi) is 2.80. The molecule has 0 radical (unpaired) electrons. The Balaban J connectivity index is 2.09. The van der Waals surface area contributed by atoms with Crippen LogP contribution < -0.4 is 11.5 Å². The van der Waals surface area contributed by atoms with Gasteiger partial charge in [0.05, 0.1) is 12.1 Å². The number of hydrogen-bond donors (Lipinski definition) is 1. The third kappa shape index (κ3) is 2.22. The monoisotopic (exact) mass is 274 g/mol. The lowest BCUT2D eigenvalue weighted by Gasteiger charge is -2.03. The summed E-state index contributed by atoms with van der Waals surface area (Å²) in [5.41, 5.74) is 8.54. The maximum atomic E-state index is 11.9. The van der Waals surface area contributed by atoms with Crippen LogP contribution >= 0.6 is 11.6 Å². The molecular formula is C14H11ClN2O2. The number of nitrogen functional groups attached to an aromatic ring is 1. The fourth-order valence-electron chi connectivity index (χ4n) is 2.00. The number of benzene rings is 2. The average Bonchev–Trinajstić information content (AvgIpc) is 2.69. The highest BCUT2D eigenvalue weighted by atomic mass is 35.5. The molecule has 2 aromatic carbocycles. The second kappa shape index (κ2) is 4.48. The first-order valence-corrected chi connectivity index (χ1v) is 6.14. The van der Waals surface area contributed by atoms with E-state index in [9.17, 15) is 4.79 Å². The van der Waals surface area contributed by atoms with Crippen LogP contribution in [0.1, 0.15) is 5.56 Å². The van der Waals surface area contributed by atoms with Gasteiger partial charge in [0.1, 0.15) is 0 Å². The molecule has 96 valence electrons. The highest BCUT2D eigenvalue weighted by Gasteiger charge is 2.09. The quantitative estimate of drug-likeness (QED) is 0.731. The minimum Gasteiger partial charge on any atom is -0.408 e. The van der Waals surface area contributed by atoms with Crippen LogP contribution in [0.5, 0.6) is 0 Å². The largest absolute Gasteiger partial charge is 0.420 e. The highest BCUT2D eigenvalue weighted by molar-refractivity contribution is 6.30. The summed E-state index contributed by atoms with van der Waals surface area (Å²) in [6, 6.07) is 12.5. The second-order valence-corrected chi connectivity index (χ2v) is 4.74. The number of fused-ring (bicyclic) bond motifs is 1. The first-order chi connectivity index (χ1) is 9.13. The third-order valence-electron chi connectivity index (χ3n) is 2.95. The van der Waals surface area contributed by atoms with Gasteiger partial charge in [0.25, 0.3) is 0 Å². The third-order valence-corrected chi connectivity index (χ3v) is 3.20. The first-order valence-electron chi connectivity index (χ1n) is 5.77. The van der Waals surface area contributed by atoms with Crippen LogP contribution in [0.4, 0.5) is 5.69 Å². The smallest absolute Gasteiger partial charge is 0.408 e. The van der Waals surface area contributed by atoms with E-state index in [1.807, 2.05) is 12.1 Å². The standard InChI is InChI=1S/C14H11ClN2O2/c15-10-3-1-9(2-4-10)8-17-12-7-11(16)5-6-13(12)19-14(17)18/h1-7H,8,16H2. The molecule has 0 amide bonds. The van der Waals surface area contributed by atoms with Crippen molar-refractivity contribution in [1.29, 1.82) is 0 Å². The molecule has 3 aromatic rings. The first kappa shape index (κ1) is 11.9. The Morgan fingerprint density at radius 1 is 1.16 bits per heavy atom. The molecule has 19 heavy (non-hydrogen) atoms. The van der Waals surface area contributed by atoms with Crippen molar-refractivity contribution in [3.05, 3.63) is 63.6 Å². The molecule has 1 heterocycles. The molecule has 0 fully saturated rings. The number of halogens is 1. The molecule has 0 atom stereocenters. The topological polar surface area (TPSA) is 61.2 Å². The van der Waals surface area contributed by atoms with Crippen molar-refractivity contribution in [2.75, 3.05) is 5.73 Å². The summed E-state index contributed by atoms with van der Waals surface area (Å²) in [6.45, 7) is 0.423. The van der Waals surface area contributed by atoms with Crippen molar-refractivity contribution in [1.82, 2.24) is 4.57 Å². The van der Waals surface area contributed by atoms with E-state index < -0.39 is 5.76 Å². The summed E-state index contributed by atoms with van der Waals surface area (Å²) < 4.78 is 6.73. The van der Waals surface area contributed by atoms with Gasteiger partial charge in [-0.05, 0) is 35.9 Å². The normalized spacial score (nSPS) is 11.0. The van der Waals surface area contributed by atoms with Crippen LogP contribution in [0.15, 0.2) is 51.7 Å². The summed E-state index contributed by atoms with van der Waals surface area (Å²) in [5, 5.41) is 0.664. The molecule has 0 unspecified atom stereocenters. The van der Waals surface area contributed by atoms with Crippen LogP contribution in [-0.2, 0) is 6.54 Å². The molecule has 0 aliphatic heterocycles. The summed E-state index contributed by atoms with van der Waals surface area (Å²) >= 11 is 5.84. The lowest BCUT2D eigenvalue weighted by Crippen LogP contribution is -2.14. The zero-order valence-electron chi connectivity index (χ0n) is 9.97. The Bertz CT molecular complexity index is 787. The van der Waals surface area contributed by atoms with Crippen molar-refractivity contribution >= 4 is 28.4 Å². The number of nitrogens with two attached hydrogens (primary N) is 1. The minimum absolute atomic E-state index is 0.393. The van der Waals surface area contributed by atoms with Crippen LogP contribution in [0, 0.1) is 0 Å². The van der Waals surface area contributed by atoms with Crippen LogP contribution in [0.25, 0.3) is 11.1 Å². The second-order valence-electron chi connectivity index (χ2n) is 4.31.